The summed E-state index contributed by atoms with van der Waals surface area (Å²) in [6.07, 6.45) is 40.6. The van der Waals surface area contributed by atoms with Crippen LogP contribution >= 0.6 is 0 Å². The fourth-order valence-corrected chi connectivity index (χ4v) is 7.12. The molecule has 0 saturated carbocycles. The van der Waals surface area contributed by atoms with E-state index in [0.717, 1.165) is 77.8 Å². The number of hydrogen-bond acceptors (Lipinski definition) is 4. The highest BCUT2D eigenvalue weighted by molar-refractivity contribution is 5.78. The molecule has 1 saturated heterocycles. The number of rotatable bonds is 34. The number of Topliss-reactive ketones (excluding diaryl/α,β-unsaturated/α-hetero) is 2. The van der Waals surface area contributed by atoms with E-state index in [0.29, 0.717) is 11.6 Å². The largest absolute Gasteiger partial charge is 0.302 e. The molecular weight excluding hydrogens is 564 g/mol. The molecule has 1 fully saturated rings. The van der Waals surface area contributed by atoms with Gasteiger partial charge in [-0.1, -0.05) is 168 Å². The third-order valence-electron chi connectivity index (χ3n) is 10.5. The van der Waals surface area contributed by atoms with Gasteiger partial charge in [-0.15, -0.1) is 0 Å². The Kier molecular flexibility index (Phi) is 32.1. The summed E-state index contributed by atoms with van der Waals surface area (Å²) < 4.78 is 0. The van der Waals surface area contributed by atoms with E-state index < -0.39 is 0 Å². The highest BCUT2D eigenvalue weighted by Crippen LogP contribution is 2.15. The van der Waals surface area contributed by atoms with Gasteiger partial charge in [-0.3, -0.25) is 9.59 Å². The van der Waals surface area contributed by atoms with Gasteiger partial charge in [0.1, 0.15) is 11.6 Å². The third kappa shape index (κ3) is 29.4. The van der Waals surface area contributed by atoms with Crippen molar-refractivity contribution in [2.45, 2.75) is 219 Å². The number of carbonyl (C=O) groups excluding carboxylic acids is 2. The molecule has 0 aromatic heterocycles. The van der Waals surface area contributed by atoms with E-state index in [1.165, 1.54) is 167 Å². The Labute approximate surface area is 289 Å². The van der Waals surface area contributed by atoms with Crippen LogP contribution in [0.15, 0.2) is 0 Å². The second-order valence-electron chi connectivity index (χ2n) is 15.0. The first kappa shape index (κ1) is 43.3. The summed E-state index contributed by atoms with van der Waals surface area (Å²) in [7, 11) is 0. The SMILES string of the molecule is CCCCCCCCCCCCCCCC(=O)CCN1CCCCN(CCC(=O)CCCCCCCCCCCCCCC)CC1. The Hall–Kier alpha value is -0.740. The van der Waals surface area contributed by atoms with Crippen molar-refractivity contribution in [1.29, 1.82) is 0 Å². The lowest BCUT2D eigenvalue weighted by Crippen LogP contribution is -2.40. The van der Waals surface area contributed by atoms with E-state index in [1.807, 2.05) is 0 Å². The lowest BCUT2D eigenvalue weighted by molar-refractivity contribution is -0.120. The standard InChI is InChI=1S/C42H82N2O2/c1-3-5-7-9-11-13-15-17-19-21-23-25-27-31-41(45)33-37-43-35-29-30-36-44(40-39-43)38-34-42(46)32-28-26-24-22-20-18-16-14-12-10-8-6-4-2/h3-40H2,1-2H3. The average molecular weight is 647 g/mol. The second kappa shape index (κ2) is 34.1. The molecule has 4 heteroatoms. The molecule has 1 aliphatic rings. The minimum Gasteiger partial charge on any atom is -0.302 e. The molecule has 0 radical (unpaired) electrons. The summed E-state index contributed by atoms with van der Waals surface area (Å²) in [5.74, 6) is 0.918. The van der Waals surface area contributed by atoms with Crippen LogP contribution in [0.2, 0.25) is 0 Å². The molecule has 0 aromatic rings. The van der Waals surface area contributed by atoms with E-state index >= 15 is 0 Å². The van der Waals surface area contributed by atoms with Gasteiger partial charge in [0.05, 0.1) is 0 Å². The van der Waals surface area contributed by atoms with Crippen LogP contribution in [0.25, 0.3) is 0 Å². The average Bonchev–Trinajstić information content (AvgIpc) is 3.04. The van der Waals surface area contributed by atoms with E-state index in [4.69, 9.17) is 0 Å². The number of carbonyl (C=O) groups is 2. The van der Waals surface area contributed by atoms with Crippen molar-refractivity contribution in [2.24, 2.45) is 0 Å². The van der Waals surface area contributed by atoms with Crippen LogP contribution in [0.1, 0.15) is 219 Å². The highest BCUT2D eigenvalue weighted by atomic mass is 16.1. The Morgan fingerprint density at radius 3 is 0.891 bits per heavy atom. The molecule has 4 nitrogen and oxygen atoms in total. The Morgan fingerprint density at radius 2 is 0.609 bits per heavy atom. The van der Waals surface area contributed by atoms with E-state index in [-0.39, 0.29) is 0 Å². The number of ketones is 2. The molecule has 46 heavy (non-hydrogen) atoms. The molecule has 0 spiro atoms. The maximum atomic E-state index is 12.5. The van der Waals surface area contributed by atoms with Crippen LogP contribution in [0.5, 0.6) is 0 Å². The molecule has 0 aromatic carbocycles. The normalized spacial score (nSPS) is 14.8. The van der Waals surface area contributed by atoms with Crippen LogP contribution in [-0.4, -0.2) is 60.6 Å². The summed E-state index contributed by atoms with van der Waals surface area (Å²) in [4.78, 5) is 30.1. The van der Waals surface area contributed by atoms with Crippen LogP contribution in [0, 0.1) is 0 Å². The van der Waals surface area contributed by atoms with Gasteiger partial charge in [0, 0.05) is 51.9 Å². The van der Waals surface area contributed by atoms with Crippen LogP contribution < -0.4 is 0 Å². The monoisotopic (exact) mass is 647 g/mol. The zero-order valence-corrected chi connectivity index (χ0v) is 31.6. The molecule has 1 heterocycles. The molecule has 0 amide bonds. The smallest absolute Gasteiger partial charge is 0.134 e. The van der Waals surface area contributed by atoms with Crippen molar-refractivity contribution < 1.29 is 9.59 Å². The second-order valence-corrected chi connectivity index (χ2v) is 15.0. The van der Waals surface area contributed by atoms with Crippen LogP contribution in [0.4, 0.5) is 0 Å². The van der Waals surface area contributed by atoms with Crippen molar-refractivity contribution >= 4 is 11.6 Å². The maximum Gasteiger partial charge on any atom is 0.134 e. The zero-order valence-electron chi connectivity index (χ0n) is 31.6. The van der Waals surface area contributed by atoms with E-state index in [9.17, 15) is 9.59 Å². The maximum absolute atomic E-state index is 12.5. The van der Waals surface area contributed by atoms with Gasteiger partial charge in [0.2, 0.25) is 0 Å². The fraction of sp³-hybridized carbons (Fsp3) is 0.952. The summed E-state index contributed by atoms with van der Waals surface area (Å²) in [5, 5.41) is 0. The Bertz CT molecular complexity index is 610. The van der Waals surface area contributed by atoms with Crippen molar-refractivity contribution in [1.82, 2.24) is 9.80 Å². The first-order valence-electron chi connectivity index (χ1n) is 21.1. The quantitative estimate of drug-likeness (QED) is 0.0652. The molecule has 0 bridgehead atoms. The van der Waals surface area contributed by atoms with Crippen molar-refractivity contribution in [3.63, 3.8) is 0 Å². The topological polar surface area (TPSA) is 40.6 Å². The van der Waals surface area contributed by atoms with Gasteiger partial charge in [0.25, 0.3) is 0 Å². The van der Waals surface area contributed by atoms with Crippen molar-refractivity contribution in [3.05, 3.63) is 0 Å². The third-order valence-corrected chi connectivity index (χ3v) is 10.5. The highest BCUT2D eigenvalue weighted by Gasteiger charge is 2.15. The Balaban J connectivity index is 1.96. The molecular formula is C42H82N2O2. The molecule has 0 atom stereocenters. The van der Waals surface area contributed by atoms with Crippen LogP contribution in [0.3, 0.4) is 0 Å². The molecule has 272 valence electrons. The minimum atomic E-state index is 0.459. The summed E-state index contributed by atoms with van der Waals surface area (Å²) in [5.41, 5.74) is 0. The van der Waals surface area contributed by atoms with Gasteiger partial charge in [-0.2, -0.15) is 0 Å². The van der Waals surface area contributed by atoms with Gasteiger partial charge in [0.15, 0.2) is 0 Å². The molecule has 0 N–H and O–H groups in total. The van der Waals surface area contributed by atoms with Crippen molar-refractivity contribution in [3.8, 4) is 0 Å². The fourth-order valence-electron chi connectivity index (χ4n) is 7.12. The van der Waals surface area contributed by atoms with Crippen molar-refractivity contribution in [2.75, 3.05) is 39.3 Å². The predicted molar refractivity (Wildman–Crippen MR) is 202 cm³/mol. The lowest BCUT2D eigenvalue weighted by Gasteiger charge is -2.30. The number of hydrogen-bond donors (Lipinski definition) is 0. The summed E-state index contributed by atoms with van der Waals surface area (Å²) >= 11 is 0. The molecule has 1 aliphatic heterocycles. The first-order chi connectivity index (χ1) is 22.7. The van der Waals surface area contributed by atoms with Gasteiger partial charge < -0.3 is 9.80 Å². The van der Waals surface area contributed by atoms with Gasteiger partial charge >= 0.3 is 0 Å². The molecule has 1 rings (SSSR count). The molecule has 0 unspecified atom stereocenters. The minimum absolute atomic E-state index is 0.459. The summed E-state index contributed by atoms with van der Waals surface area (Å²) in [6, 6.07) is 0. The lowest BCUT2D eigenvalue weighted by atomic mass is 10.0. The van der Waals surface area contributed by atoms with Gasteiger partial charge in [-0.05, 0) is 38.8 Å². The number of unbranched alkanes of at least 4 members (excludes halogenated alkanes) is 24. The predicted octanol–water partition coefficient (Wildman–Crippen LogP) is 12.3. The van der Waals surface area contributed by atoms with Crippen LogP contribution in [-0.2, 0) is 9.59 Å². The first-order valence-corrected chi connectivity index (χ1v) is 21.1. The zero-order chi connectivity index (χ0) is 33.2. The summed E-state index contributed by atoms with van der Waals surface area (Å²) in [6.45, 7) is 10.7. The number of nitrogens with zero attached hydrogens (tertiary/aromatic N) is 2. The molecule has 0 aliphatic carbocycles. The van der Waals surface area contributed by atoms with E-state index in [2.05, 4.69) is 23.6 Å². The van der Waals surface area contributed by atoms with E-state index in [1.54, 1.807) is 0 Å². The van der Waals surface area contributed by atoms with Gasteiger partial charge in [-0.25, -0.2) is 0 Å². The Morgan fingerprint density at radius 1 is 0.348 bits per heavy atom.